The standard InChI is InChI=1S/C26H29FN4O4/c1-33-21-13-18(14-22(34-2)23(21)35-3)24-28-16-20(25(30-24)31-11-5-4-6-12-31)26(32)29-15-17-7-9-19(27)10-8-17/h7-10,13-14,16H,4-6,11-12,15H2,1-3H3,(H,29,32). The van der Waals surface area contributed by atoms with Crippen LogP contribution in [0.3, 0.4) is 0 Å². The zero-order chi connectivity index (χ0) is 24.8. The van der Waals surface area contributed by atoms with Crippen molar-refractivity contribution in [2.45, 2.75) is 25.8 Å². The number of hydrogen-bond acceptors (Lipinski definition) is 7. The van der Waals surface area contributed by atoms with Crippen LogP contribution in [0.15, 0.2) is 42.6 Å². The highest BCUT2D eigenvalue weighted by Gasteiger charge is 2.23. The van der Waals surface area contributed by atoms with Gasteiger partial charge in [0.15, 0.2) is 17.3 Å². The van der Waals surface area contributed by atoms with E-state index in [2.05, 4.69) is 15.2 Å². The van der Waals surface area contributed by atoms with Crippen LogP contribution in [-0.2, 0) is 6.54 Å². The van der Waals surface area contributed by atoms with Gasteiger partial charge < -0.3 is 24.4 Å². The summed E-state index contributed by atoms with van der Waals surface area (Å²) in [6, 6.07) is 9.60. The van der Waals surface area contributed by atoms with Crippen molar-refractivity contribution in [2.75, 3.05) is 39.3 Å². The Morgan fingerprint density at radius 3 is 2.26 bits per heavy atom. The number of nitrogens with one attached hydrogen (secondary N) is 1. The fourth-order valence-corrected chi connectivity index (χ4v) is 4.11. The van der Waals surface area contributed by atoms with Crippen LogP contribution in [0.25, 0.3) is 11.4 Å². The van der Waals surface area contributed by atoms with Crippen molar-refractivity contribution in [3.63, 3.8) is 0 Å². The highest BCUT2D eigenvalue weighted by atomic mass is 19.1. The third-order valence-electron chi connectivity index (χ3n) is 5.96. The molecule has 9 heteroatoms. The van der Waals surface area contributed by atoms with Crippen molar-refractivity contribution in [3.8, 4) is 28.6 Å². The number of ether oxygens (including phenoxy) is 3. The molecular weight excluding hydrogens is 451 g/mol. The van der Waals surface area contributed by atoms with E-state index in [0.717, 1.165) is 37.9 Å². The molecule has 1 N–H and O–H groups in total. The number of methoxy groups -OCH3 is 3. The first kappa shape index (κ1) is 24.3. The van der Waals surface area contributed by atoms with Gasteiger partial charge in [0.05, 0.1) is 21.3 Å². The van der Waals surface area contributed by atoms with E-state index in [0.29, 0.717) is 40.0 Å². The molecule has 3 aromatic rings. The second-order valence-electron chi connectivity index (χ2n) is 8.20. The van der Waals surface area contributed by atoms with E-state index in [1.54, 1.807) is 51.8 Å². The molecule has 1 aliphatic rings. The number of piperidine rings is 1. The average molecular weight is 481 g/mol. The van der Waals surface area contributed by atoms with Crippen molar-refractivity contribution < 1.29 is 23.4 Å². The minimum absolute atomic E-state index is 0.271. The van der Waals surface area contributed by atoms with E-state index < -0.39 is 0 Å². The van der Waals surface area contributed by atoms with Crippen LogP contribution in [0, 0.1) is 5.82 Å². The largest absolute Gasteiger partial charge is 0.493 e. The molecule has 0 unspecified atom stereocenters. The van der Waals surface area contributed by atoms with Crippen LogP contribution in [0.4, 0.5) is 10.2 Å². The summed E-state index contributed by atoms with van der Waals surface area (Å²) in [5.41, 5.74) is 1.87. The van der Waals surface area contributed by atoms with Crippen LogP contribution in [0.2, 0.25) is 0 Å². The molecule has 1 aliphatic heterocycles. The highest BCUT2D eigenvalue weighted by molar-refractivity contribution is 5.99. The molecular formula is C26H29FN4O4. The lowest BCUT2D eigenvalue weighted by molar-refractivity contribution is 0.0950. The molecule has 2 aromatic carbocycles. The SMILES string of the molecule is COc1cc(-c2ncc(C(=O)NCc3ccc(F)cc3)c(N3CCCCC3)n2)cc(OC)c1OC. The van der Waals surface area contributed by atoms with Crippen LogP contribution in [0.1, 0.15) is 35.2 Å². The molecule has 1 aromatic heterocycles. The number of amides is 1. The quantitative estimate of drug-likeness (QED) is 0.516. The van der Waals surface area contributed by atoms with Crippen molar-refractivity contribution in [1.82, 2.24) is 15.3 Å². The number of benzene rings is 2. The molecule has 4 rings (SSSR count). The van der Waals surface area contributed by atoms with Gasteiger partial charge in [-0.05, 0) is 49.1 Å². The van der Waals surface area contributed by atoms with Gasteiger partial charge in [-0.2, -0.15) is 0 Å². The van der Waals surface area contributed by atoms with Crippen molar-refractivity contribution in [3.05, 3.63) is 59.5 Å². The molecule has 184 valence electrons. The molecule has 0 atom stereocenters. The predicted molar refractivity (Wildman–Crippen MR) is 131 cm³/mol. The van der Waals surface area contributed by atoms with E-state index >= 15 is 0 Å². The average Bonchev–Trinajstić information content (AvgIpc) is 2.91. The summed E-state index contributed by atoms with van der Waals surface area (Å²) in [6.45, 7) is 1.89. The van der Waals surface area contributed by atoms with Gasteiger partial charge in [-0.25, -0.2) is 14.4 Å². The second kappa shape index (κ2) is 11.0. The van der Waals surface area contributed by atoms with Gasteiger partial charge in [0.25, 0.3) is 5.91 Å². The fourth-order valence-electron chi connectivity index (χ4n) is 4.11. The first-order valence-electron chi connectivity index (χ1n) is 11.5. The van der Waals surface area contributed by atoms with Gasteiger partial charge in [-0.3, -0.25) is 4.79 Å². The van der Waals surface area contributed by atoms with Crippen LogP contribution in [0.5, 0.6) is 17.2 Å². The molecule has 8 nitrogen and oxygen atoms in total. The number of hydrogen-bond donors (Lipinski definition) is 1. The Hall–Kier alpha value is -3.88. The van der Waals surface area contributed by atoms with Gasteiger partial charge in [-0.1, -0.05) is 12.1 Å². The highest BCUT2D eigenvalue weighted by Crippen LogP contribution is 2.40. The number of aromatic nitrogens is 2. The minimum Gasteiger partial charge on any atom is -0.493 e. The molecule has 0 saturated carbocycles. The Balaban J connectivity index is 1.68. The summed E-state index contributed by atoms with van der Waals surface area (Å²) in [4.78, 5) is 24.6. The smallest absolute Gasteiger partial charge is 0.256 e. The van der Waals surface area contributed by atoms with Gasteiger partial charge in [-0.15, -0.1) is 0 Å². The first-order valence-corrected chi connectivity index (χ1v) is 11.5. The van der Waals surface area contributed by atoms with E-state index in [4.69, 9.17) is 19.2 Å². The third-order valence-corrected chi connectivity index (χ3v) is 5.96. The van der Waals surface area contributed by atoms with Gasteiger partial charge in [0.2, 0.25) is 5.75 Å². The molecule has 0 bridgehead atoms. The first-order chi connectivity index (χ1) is 17.0. The predicted octanol–water partition coefficient (Wildman–Crippen LogP) is 4.23. The number of nitrogens with zero attached hydrogens (tertiary/aromatic N) is 3. The Morgan fingerprint density at radius 1 is 1.00 bits per heavy atom. The van der Waals surface area contributed by atoms with E-state index in [1.807, 2.05) is 0 Å². The second-order valence-corrected chi connectivity index (χ2v) is 8.20. The van der Waals surface area contributed by atoms with Crippen molar-refractivity contribution in [2.24, 2.45) is 0 Å². The number of halogens is 1. The zero-order valence-electron chi connectivity index (χ0n) is 20.1. The number of anilines is 1. The Morgan fingerprint density at radius 2 is 1.66 bits per heavy atom. The normalized spacial score (nSPS) is 13.3. The van der Waals surface area contributed by atoms with Crippen LogP contribution < -0.4 is 24.4 Å². The summed E-state index contributed by atoms with van der Waals surface area (Å²) < 4.78 is 29.6. The Labute approximate surface area is 204 Å². The molecule has 1 saturated heterocycles. The van der Waals surface area contributed by atoms with E-state index in [9.17, 15) is 9.18 Å². The van der Waals surface area contributed by atoms with Gasteiger partial charge >= 0.3 is 0 Å². The van der Waals surface area contributed by atoms with Crippen LogP contribution >= 0.6 is 0 Å². The van der Waals surface area contributed by atoms with Gasteiger partial charge in [0.1, 0.15) is 17.2 Å². The maximum Gasteiger partial charge on any atom is 0.256 e. The van der Waals surface area contributed by atoms with Gasteiger partial charge in [0, 0.05) is 31.4 Å². The summed E-state index contributed by atoms with van der Waals surface area (Å²) >= 11 is 0. The lowest BCUT2D eigenvalue weighted by Gasteiger charge is -2.29. The molecule has 1 amide bonds. The maximum absolute atomic E-state index is 13.2. The minimum atomic E-state index is -0.316. The van der Waals surface area contributed by atoms with E-state index in [-0.39, 0.29) is 18.3 Å². The summed E-state index contributed by atoms with van der Waals surface area (Å²) in [5.74, 6) is 1.89. The third kappa shape index (κ3) is 5.45. The summed E-state index contributed by atoms with van der Waals surface area (Å²) in [6.07, 6.45) is 4.75. The van der Waals surface area contributed by atoms with E-state index in [1.165, 1.54) is 12.1 Å². The maximum atomic E-state index is 13.2. The topological polar surface area (TPSA) is 85.8 Å². The molecule has 0 spiro atoms. The fraction of sp³-hybridized carbons (Fsp3) is 0.346. The summed E-state index contributed by atoms with van der Waals surface area (Å²) in [7, 11) is 4.65. The number of carbonyl (C=O) groups excluding carboxylic acids is 1. The zero-order valence-corrected chi connectivity index (χ0v) is 20.1. The van der Waals surface area contributed by atoms with Crippen molar-refractivity contribution in [1.29, 1.82) is 0 Å². The number of rotatable bonds is 8. The van der Waals surface area contributed by atoms with Crippen LogP contribution in [-0.4, -0.2) is 50.3 Å². The molecule has 35 heavy (non-hydrogen) atoms. The van der Waals surface area contributed by atoms with Crippen molar-refractivity contribution >= 4 is 11.7 Å². The molecule has 0 aliphatic carbocycles. The lowest BCUT2D eigenvalue weighted by atomic mass is 10.1. The Kier molecular flexibility index (Phi) is 7.64. The number of carbonyl (C=O) groups is 1. The lowest BCUT2D eigenvalue weighted by Crippen LogP contribution is -2.33. The molecule has 2 heterocycles. The molecule has 0 radical (unpaired) electrons. The summed E-state index contributed by atoms with van der Waals surface area (Å²) in [5, 5.41) is 2.90. The Bertz CT molecular complexity index is 1160. The molecule has 1 fully saturated rings. The monoisotopic (exact) mass is 480 g/mol.